The van der Waals surface area contributed by atoms with Crippen LogP contribution in [0.2, 0.25) is 0 Å². The lowest BCUT2D eigenvalue weighted by atomic mass is 10.1. The first-order chi connectivity index (χ1) is 9.50. The molecule has 0 radical (unpaired) electrons. The molecule has 0 aromatic carbocycles. The summed E-state index contributed by atoms with van der Waals surface area (Å²) >= 11 is 3.36. The number of rotatable bonds is 1. The number of hydrogen-bond acceptors (Lipinski definition) is 3. The van der Waals surface area contributed by atoms with Crippen molar-refractivity contribution in [3.05, 3.63) is 34.4 Å². The minimum Gasteiger partial charge on any atom is -0.346 e. The van der Waals surface area contributed by atoms with Crippen molar-refractivity contribution in [3.63, 3.8) is 0 Å². The van der Waals surface area contributed by atoms with Gasteiger partial charge in [-0.3, -0.25) is 14.5 Å². The van der Waals surface area contributed by atoms with E-state index >= 15 is 0 Å². The van der Waals surface area contributed by atoms with Gasteiger partial charge in [-0.05, 0) is 35.8 Å². The van der Waals surface area contributed by atoms with Crippen molar-refractivity contribution in [2.45, 2.75) is 25.9 Å². The standard InChI is InChI=1S/C13H12BrFN4O/c1-6-7(2)19-12(13(20)17-6)10(14)11(18-19)8-3-4-16-5-9(8)15/h3-7H,1-2H3,(H,17,20). The highest BCUT2D eigenvalue weighted by atomic mass is 79.9. The van der Waals surface area contributed by atoms with Crippen LogP contribution in [0.3, 0.4) is 0 Å². The number of aromatic nitrogens is 3. The second-order valence-electron chi connectivity index (χ2n) is 4.81. The summed E-state index contributed by atoms with van der Waals surface area (Å²) in [6.45, 7) is 3.87. The van der Waals surface area contributed by atoms with Crippen molar-refractivity contribution in [1.29, 1.82) is 0 Å². The van der Waals surface area contributed by atoms with Gasteiger partial charge in [-0.1, -0.05) is 0 Å². The van der Waals surface area contributed by atoms with Crippen LogP contribution >= 0.6 is 15.9 Å². The number of nitrogens with zero attached hydrogens (tertiary/aromatic N) is 3. The molecule has 0 fully saturated rings. The molecule has 0 saturated heterocycles. The van der Waals surface area contributed by atoms with Crippen molar-refractivity contribution in [3.8, 4) is 11.3 Å². The summed E-state index contributed by atoms with van der Waals surface area (Å²) in [7, 11) is 0. The average Bonchev–Trinajstić information content (AvgIpc) is 2.75. The quantitative estimate of drug-likeness (QED) is 0.869. The lowest BCUT2D eigenvalue weighted by molar-refractivity contribution is 0.0881. The Morgan fingerprint density at radius 2 is 2.20 bits per heavy atom. The van der Waals surface area contributed by atoms with Crippen LogP contribution in [0.15, 0.2) is 22.9 Å². The Kier molecular flexibility index (Phi) is 3.08. The van der Waals surface area contributed by atoms with Gasteiger partial charge in [-0.25, -0.2) is 4.39 Å². The van der Waals surface area contributed by atoms with Crippen LogP contribution < -0.4 is 5.32 Å². The van der Waals surface area contributed by atoms with Crippen LogP contribution in [0.4, 0.5) is 4.39 Å². The van der Waals surface area contributed by atoms with E-state index in [4.69, 9.17) is 0 Å². The molecule has 20 heavy (non-hydrogen) atoms. The number of amides is 1. The molecular weight excluding hydrogens is 327 g/mol. The van der Waals surface area contributed by atoms with Gasteiger partial charge in [0, 0.05) is 17.8 Å². The molecule has 1 N–H and O–H groups in total. The lowest BCUT2D eigenvalue weighted by Crippen LogP contribution is -2.45. The predicted molar refractivity (Wildman–Crippen MR) is 74.8 cm³/mol. The molecule has 3 heterocycles. The molecule has 2 unspecified atom stereocenters. The van der Waals surface area contributed by atoms with E-state index in [1.54, 1.807) is 10.7 Å². The summed E-state index contributed by atoms with van der Waals surface area (Å²) in [4.78, 5) is 15.8. The molecule has 0 spiro atoms. The SMILES string of the molecule is CC1NC(=O)c2c(Br)c(-c3ccncc3F)nn2C1C. The van der Waals surface area contributed by atoms with Crippen LogP contribution in [-0.2, 0) is 0 Å². The molecule has 1 amide bonds. The Morgan fingerprint density at radius 1 is 1.45 bits per heavy atom. The number of fused-ring (bicyclic) bond motifs is 1. The van der Waals surface area contributed by atoms with E-state index in [9.17, 15) is 9.18 Å². The molecule has 2 aromatic rings. The minimum atomic E-state index is -0.468. The maximum atomic E-state index is 13.9. The number of hydrogen-bond donors (Lipinski definition) is 1. The van der Waals surface area contributed by atoms with Crippen molar-refractivity contribution in [2.75, 3.05) is 0 Å². The highest BCUT2D eigenvalue weighted by Gasteiger charge is 2.33. The third-order valence-corrected chi connectivity index (χ3v) is 4.31. The lowest BCUT2D eigenvalue weighted by Gasteiger charge is -2.28. The normalized spacial score (nSPS) is 21.5. The van der Waals surface area contributed by atoms with E-state index in [2.05, 4.69) is 31.3 Å². The molecule has 0 bridgehead atoms. The average molecular weight is 339 g/mol. The van der Waals surface area contributed by atoms with Crippen LogP contribution in [-0.4, -0.2) is 26.7 Å². The second kappa shape index (κ2) is 4.66. The monoisotopic (exact) mass is 338 g/mol. The Balaban J connectivity index is 2.22. The van der Waals surface area contributed by atoms with Crippen LogP contribution in [0.1, 0.15) is 30.4 Å². The zero-order valence-corrected chi connectivity index (χ0v) is 12.5. The highest BCUT2D eigenvalue weighted by molar-refractivity contribution is 9.10. The van der Waals surface area contributed by atoms with Gasteiger partial charge < -0.3 is 5.32 Å². The van der Waals surface area contributed by atoms with Gasteiger partial charge in [0.05, 0.1) is 16.7 Å². The predicted octanol–water partition coefficient (Wildman–Crippen LogP) is 2.54. The Labute approximate surface area is 123 Å². The fourth-order valence-corrected chi connectivity index (χ4v) is 2.91. The molecule has 7 heteroatoms. The summed E-state index contributed by atoms with van der Waals surface area (Å²) in [5.74, 6) is -0.680. The smallest absolute Gasteiger partial charge is 0.271 e. The minimum absolute atomic E-state index is 0.00218. The molecule has 2 atom stereocenters. The van der Waals surface area contributed by atoms with E-state index < -0.39 is 5.82 Å². The van der Waals surface area contributed by atoms with Crippen molar-refractivity contribution in [1.82, 2.24) is 20.1 Å². The van der Waals surface area contributed by atoms with E-state index in [0.29, 0.717) is 21.4 Å². The Hall–Kier alpha value is -1.76. The number of carbonyl (C=O) groups is 1. The van der Waals surface area contributed by atoms with E-state index in [0.717, 1.165) is 6.20 Å². The fraction of sp³-hybridized carbons (Fsp3) is 0.308. The van der Waals surface area contributed by atoms with Gasteiger partial charge in [0.15, 0.2) is 5.82 Å². The summed E-state index contributed by atoms with van der Waals surface area (Å²) in [5.41, 5.74) is 1.15. The van der Waals surface area contributed by atoms with E-state index in [1.165, 1.54) is 6.20 Å². The molecule has 104 valence electrons. The molecule has 0 aliphatic carbocycles. The third-order valence-electron chi connectivity index (χ3n) is 3.56. The molecule has 0 saturated carbocycles. The van der Waals surface area contributed by atoms with Crippen molar-refractivity contribution < 1.29 is 9.18 Å². The number of nitrogens with one attached hydrogen (secondary N) is 1. The number of pyridine rings is 1. The summed E-state index contributed by atoms with van der Waals surface area (Å²) in [6.07, 6.45) is 2.63. The first-order valence-electron chi connectivity index (χ1n) is 6.19. The third kappa shape index (κ3) is 1.84. The fourth-order valence-electron chi connectivity index (χ4n) is 2.26. The van der Waals surface area contributed by atoms with E-state index in [-0.39, 0.29) is 18.0 Å². The zero-order chi connectivity index (χ0) is 14.4. The number of halogens is 2. The van der Waals surface area contributed by atoms with Crippen LogP contribution in [0.25, 0.3) is 11.3 Å². The van der Waals surface area contributed by atoms with Crippen LogP contribution in [0.5, 0.6) is 0 Å². The van der Waals surface area contributed by atoms with Crippen molar-refractivity contribution >= 4 is 21.8 Å². The number of carbonyl (C=O) groups excluding carboxylic acids is 1. The van der Waals surface area contributed by atoms with Gasteiger partial charge in [0.1, 0.15) is 11.4 Å². The molecule has 1 aliphatic rings. The second-order valence-corrected chi connectivity index (χ2v) is 5.61. The molecule has 5 nitrogen and oxygen atoms in total. The summed E-state index contributed by atoms with van der Waals surface area (Å²) in [5, 5.41) is 7.27. The Morgan fingerprint density at radius 3 is 2.90 bits per heavy atom. The maximum Gasteiger partial charge on any atom is 0.271 e. The first-order valence-corrected chi connectivity index (χ1v) is 6.98. The van der Waals surface area contributed by atoms with Gasteiger partial charge in [0.25, 0.3) is 5.91 Å². The highest BCUT2D eigenvalue weighted by Crippen LogP contribution is 2.35. The van der Waals surface area contributed by atoms with E-state index in [1.807, 2.05) is 13.8 Å². The molecule has 3 rings (SSSR count). The summed E-state index contributed by atoms with van der Waals surface area (Å²) in [6, 6.07) is 1.51. The largest absolute Gasteiger partial charge is 0.346 e. The van der Waals surface area contributed by atoms with Crippen molar-refractivity contribution in [2.24, 2.45) is 0 Å². The molecule has 2 aromatic heterocycles. The van der Waals surface area contributed by atoms with Gasteiger partial charge >= 0.3 is 0 Å². The topological polar surface area (TPSA) is 59.8 Å². The first kappa shape index (κ1) is 13.2. The molecule has 1 aliphatic heterocycles. The van der Waals surface area contributed by atoms with Gasteiger partial charge in [-0.2, -0.15) is 5.10 Å². The summed E-state index contributed by atoms with van der Waals surface area (Å²) < 4.78 is 16.0. The van der Waals surface area contributed by atoms with Gasteiger partial charge in [-0.15, -0.1) is 0 Å². The maximum absolute atomic E-state index is 13.9. The molecular formula is C13H12BrFN4O. The zero-order valence-electron chi connectivity index (χ0n) is 10.9. The van der Waals surface area contributed by atoms with Gasteiger partial charge in [0.2, 0.25) is 0 Å². The Bertz CT molecular complexity index is 700. The van der Waals surface area contributed by atoms with Crippen LogP contribution in [0, 0.1) is 5.82 Å².